The first-order chi connectivity index (χ1) is 15.4. The molecule has 32 heavy (non-hydrogen) atoms. The van der Waals surface area contributed by atoms with Crippen molar-refractivity contribution in [2.45, 2.75) is 35.7 Å². The van der Waals surface area contributed by atoms with Gasteiger partial charge >= 0.3 is 0 Å². The third kappa shape index (κ3) is 5.12. The number of nitrogens with one attached hydrogen (secondary N) is 1. The average molecular weight is 484 g/mol. The lowest BCUT2D eigenvalue weighted by atomic mass is 10.1. The zero-order valence-electron chi connectivity index (χ0n) is 18.1. The lowest BCUT2D eigenvalue weighted by Gasteiger charge is -2.28. The van der Waals surface area contributed by atoms with E-state index in [9.17, 15) is 18.0 Å². The van der Waals surface area contributed by atoms with Gasteiger partial charge in [0.1, 0.15) is 6.54 Å². The number of amides is 2. The summed E-state index contributed by atoms with van der Waals surface area (Å²) >= 11 is 1.50. The van der Waals surface area contributed by atoms with Crippen LogP contribution in [0.25, 0.3) is 0 Å². The molecule has 0 spiro atoms. The molecule has 1 N–H and O–H groups in total. The summed E-state index contributed by atoms with van der Waals surface area (Å²) in [5.74, 6) is -0.211. The van der Waals surface area contributed by atoms with E-state index in [-0.39, 0.29) is 35.3 Å². The molecule has 11 heteroatoms. The van der Waals surface area contributed by atoms with Gasteiger partial charge in [-0.1, -0.05) is 6.92 Å². The summed E-state index contributed by atoms with van der Waals surface area (Å²) in [4.78, 5) is 28.1. The van der Waals surface area contributed by atoms with E-state index in [4.69, 9.17) is 9.47 Å². The van der Waals surface area contributed by atoms with Crippen LogP contribution in [0.4, 0.5) is 5.69 Å². The quantitative estimate of drug-likeness (QED) is 0.645. The Bertz CT molecular complexity index is 958. The Morgan fingerprint density at radius 3 is 2.75 bits per heavy atom. The molecule has 9 nitrogen and oxygen atoms in total. The largest absolute Gasteiger partial charge is 0.379 e. The Labute approximate surface area is 192 Å². The van der Waals surface area contributed by atoms with Crippen LogP contribution in [0.15, 0.2) is 28.0 Å². The minimum atomic E-state index is -3.72. The van der Waals surface area contributed by atoms with Crippen LogP contribution < -0.4 is 10.2 Å². The fraction of sp³-hybridized carbons (Fsp3) is 0.619. The number of thioether (sulfide) groups is 1. The second-order valence-electron chi connectivity index (χ2n) is 8.22. The van der Waals surface area contributed by atoms with Gasteiger partial charge in [0.05, 0.1) is 29.9 Å². The molecule has 176 valence electrons. The molecular formula is C21H29N3O6S2. The number of hydrogen-bond acceptors (Lipinski definition) is 7. The van der Waals surface area contributed by atoms with E-state index in [1.807, 2.05) is 6.92 Å². The molecule has 2 amide bonds. The predicted octanol–water partition coefficient (Wildman–Crippen LogP) is 1.08. The van der Waals surface area contributed by atoms with Gasteiger partial charge in [0.2, 0.25) is 21.8 Å². The van der Waals surface area contributed by atoms with Gasteiger partial charge < -0.3 is 19.7 Å². The van der Waals surface area contributed by atoms with Gasteiger partial charge in [0.25, 0.3) is 0 Å². The monoisotopic (exact) mass is 483 g/mol. The van der Waals surface area contributed by atoms with Crippen LogP contribution in [0.5, 0.6) is 0 Å². The molecule has 0 aliphatic carbocycles. The molecule has 1 aromatic carbocycles. The molecule has 2 saturated heterocycles. The highest BCUT2D eigenvalue weighted by molar-refractivity contribution is 7.99. The smallest absolute Gasteiger partial charge is 0.243 e. The number of carbonyl (C=O) groups is 2. The number of nitrogens with zero attached hydrogens (tertiary/aromatic N) is 2. The van der Waals surface area contributed by atoms with Gasteiger partial charge in [-0.05, 0) is 31.0 Å². The number of ether oxygens (including phenoxy) is 2. The zero-order chi connectivity index (χ0) is 22.7. The molecule has 0 unspecified atom stereocenters. The lowest BCUT2D eigenvalue weighted by molar-refractivity contribution is -0.125. The van der Waals surface area contributed by atoms with Crippen molar-refractivity contribution in [3.63, 3.8) is 0 Å². The molecule has 3 heterocycles. The van der Waals surface area contributed by atoms with Crippen LogP contribution in [-0.4, -0.2) is 82.4 Å². The van der Waals surface area contributed by atoms with Crippen molar-refractivity contribution in [1.82, 2.24) is 9.62 Å². The van der Waals surface area contributed by atoms with Gasteiger partial charge in [-0.3, -0.25) is 9.59 Å². The van der Waals surface area contributed by atoms with E-state index in [1.165, 1.54) is 27.0 Å². The number of morpholine rings is 1. The maximum Gasteiger partial charge on any atom is 0.243 e. The highest BCUT2D eigenvalue weighted by Crippen LogP contribution is 2.38. The SMILES string of the molecule is C[C@@H]1CSc2ccc(S(=O)(=O)N3CCOCC3)cc2N(CC(=O)NC[C@H]2CCCO2)C1=O. The summed E-state index contributed by atoms with van der Waals surface area (Å²) in [6.07, 6.45) is 1.89. The second-order valence-corrected chi connectivity index (χ2v) is 11.2. The summed E-state index contributed by atoms with van der Waals surface area (Å²) in [5, 5.41) is 2.85. The Balaban J connectivity index is 1.58. The Morgan fingerprint density at radius 1 is 1.25 bits per heavy atom. The third-order valence-electron chi connectivity index (χ3n) is 5.86. The van der Waals surface area contributed by atoms with Crippen LogP contribution in [-0.2, 0) is 29.1 Å². The topological polar surface area (TPSA) is 105 Å². The molecule has 0 bridgehead atoms. The zero-order valence-corrected chi connectivity index (χ0v) is 19.8. The molecule has 4 rings (SSSR count). The van der Waals surface area contributed by atoms with Crippen molar-refractivity contribution in [2.75, 3.05) is 56.7 Å². The molecule has 1 aromatic rings. The Hall–Kier alpha value is -1.66. The van der Waals surface area contributed by atoms with Crippen LogP contribution in [0.2, 0.25) is 0 Å². The molecule has 2 atom stereocenters. The number of fused-ring (bicyclic) bond motifs is 1. The third-order valence-corrected chi connectivity index (χ3v) is 9.08. The van der Waals surface area contributed by atoms with Crippen LogP contribution in [0, 0.1) is 5.92 Å². The van der Waals surface area contributed by atoms with Crippen LogP contribution in [0.3, 0.4) is 0 Å². The van der Waals surface area contributed by atoms with Crippen LogP contribution >= 0.6 is 11.8 Å². The predicted molar refractivity (Wildman–Crippen MR) is 120 cm³/mol. The number of sulfonamides is 1. The number of carbonyl (C=O) groups excluding carboxylic acids is 2. The first-order valence-corrected chi connectivity index (χ1v) is 13.3. The van der Waals surface area contributed by atoms with E-state index < -0.39 is 10.0 Å². The molecular weight excluding hydrogens is 454 g/mol. The van der Waals surface area contributed by atoms with Crippen molar-refractivity contribution in [3.05, 3.63) is 18.2 Å². The summed E-state index contributed by atoms with van der Waals surface area (Å²) in [7, 11) is -3.72. The molecule has 0 aromatic heterocycles. The second kappa shape index (κ2) is 10.1. The number of hydrogen-bond donors (Lipinski definition) is 1. The van der Waals surface area contributed by atoms with E-state index in [2.05, 4.69) is 5.32 Å². The highest BCUT2D eigenvalue weighted by Gasteiger charge is 2.33. The number of benzene rings is 1. The molecule has 3 aliphatic heterocycles. The maximum atomic E-state index is 13.2. The molecule has 2 fully saturated rings. The summed E-state index contributed by atoms with van der Waals surface area (Å²) in [5.41, 5.74) is 0.464. The van der Waals surface area contributed by atoms with E-state index in [0.717, 1.165) is 17.7 Å². The maximum absolute atomic E-state index is 13.2. The normalized spacial score (nSPS) is 24.8. The lowest BCUT2D eigenvalue weighted by Crippen LogP contribution is -2.44. The fourth-order valence-corrected chi connectivity index (χ4v) is 6.47. The minimum absolute atomic E-state index is 0.00539. The highest BCUT2D eigenvalue weighted by atomic mass is 32.2. The van der Waals surface area contributed by atoms with Gasteiger partial charge in [0, 0.05) is 42.8 Å². The molecule has 0 saturated carbocycles. The Kier molecular flexibility index (Phi) is 7.40. The Morgan fingerprint density at radius 2 is 2.03 bits per heavy atom. The van der Waals surface area contributed by atoms with Crippen molar-refractivity contribution in [2.24, 2.45) is 5.92 Å². The van der Waals surface area contributed by atoms with Crippen LogP contribution in [0.1, 0.15) is 19.8 Å². The molecule has 3 aliphatic rings. The van der Waals surface area contributed by atoms with Crippen molar-refractivity contribution < 1.29 is 27.5 Å². The van der Waals surface area contributed by atoms with Crippen molar-refractivity contribution in [1.29, 1.82) is 0 Å². The van der Waals surface area contributed by atoms with E-state index >= 15 is 0 Å². The summed E-state index contributed by atoms with van der Waals surface area (Å²) in [6, 6.07) is 4.83. The van der Waals surface area contributed by atoms with Gasteiger partial charge in [0.15, 0.2) is 0 Å². The van der Waals surface area contributed by atoms with Crippen molar-refractivity contribution >= 4 is 39.3 Å². The summed E-state index contributed by atoms with van der Waals surface area (Å²) < 4.78 is 38.5. The minimum Gasteiger partial charge on any atom is -0.379 e. The molecule has 0 radical (unpaired) electrons. The van der Waals surface area contributed by atoms with E-state index in [0.29, 0.717) is 50.9 Å². The van der Waals surface area contributed by atoms with Gasteiger partial charge in [-0.25, -0.2) is 8.42 Å². The average Bonchev–Trinajstić information content (AvgIpc) is 3.30. The number of anilines is 1. The first-order valence-electron chi connectivity index (χ1n) is 10.9. The van der Waals surface area contributed by atoms with Gasteiger partial charge in [-0.2, -0.15) is 4.31 Å². The first kappa shape index (κ1) is 23.5. The van der Waals surface area contributed by atoms with Crippen molar-refractivity contribution in [3.8, 4) is 0 Å². The summed E-state index contributed by atoms with van der Waals surface area (Å²) in [6.45, 7) is 4.06. The van der Waals surface area contributed by atoms with E-state index in [1.54, 1.807) is 12.1 Å². The fourth-order valence-electron chi connectivity index (χ4n) is 3.99. The van der Waals surface area contributed by atoms with Gasteiger partial charge in [-0.15, -0.1) is 11.8 Å². The number of rotatable bonds is 6. The standard InChI is InChI=1S/C21H29N3O6S2/c1-15-14-31-19-5-4-17(32(27,28)23-6-9-29-10-7-23)11-18(19)24(21(15)26)13-20(25)22-12-16-3-2-8-30-16/h4-5,11,15-16H,2-3,6-10,12-14H2,1H3,(H,22,25)/t15-,16-/m1/s1.